The molecule has 0 heterocycles. The molecule has 428 valence electrons. The van der Waals surface area contributed by atoms with Crippen molar-refractivity contribution in [3.63, 3.8) is 0 Å². The molecule has 0 aliphatic carbocycles. The molecule has 0 saturated carbocycles. The lowest BCUT2D eigenvalue weighted by Crippen LogP contribution is -2.45. The second-order valence-electron chi connectivity index (χ2n) is 22.8. The van der Waals surface area contributed by atoms with Gasteiger partial charge in [0.2, 0.25) is 5.91 Å². The smallest absolute Gasteiger partial charge is 0.305 e. The summed E-state index contributed by atoms with van der Waals surface area (Å²) < 4.78 is 5.49. The van der Waals surface area contributed by atoms with Gasteiger partial charge in [-0.2, -0.15) is 0 Å². The number of aliphatic hydroxyl groups is 2. The van der Waals surface area contributed by atoms with E-state index < -0.39 is 12.1 Å². The molecular weight excluding hydrogens is 887 g/mol. The Hall–Kier alpha value is -1.40. The minimum Gasteiger partial charge on any atom is -0.466 e. The van der Waals surface area contributed by atoms with Gasteiger partial charge in [-0.25, -0.2) is 0 Å². The van der Waals surface area contributed by atoms with Crippen molar-refractivity contribution < 1.29 is 24.5 Å². The fourth-order valence-corrected chi connectivity index (χ4v) is 10.5. The number of ether oxygens (including phenoxy) is 1. The molecule has 2 unspecified atom stereocenters. The number of carbonyl (C=O) groups excluding carboxylic acids is 2. The lowest BCUT2D eigenvalue weighted by atomic mass is 10.0. The van der Waals surface area contributed by atoms with E-state index >= 15 is 0 Å². The molecule has 0 spiro atoms. The molecule has 0 radical (unpaired) electrons. The lowest BCUT2D eigenvalue weighted by molar-refractivity contribution is -0.143. The molecular formula is C66H129NO5. The van der Waals surface area contributed by atoms with Crippen LogP contribution < -0.4 is 5.32 Å². The molecule has 3 N–H and O–H groups in total. The van der Waals surface area contributed by atoms with Gasteiger partial charge < -0.3 is 20.3 Å². The van der Waals surface area contributed by atoms with Crippen molar-refractivity contribution >= 4 is 11.9 Å². The van der Waals surface area contributed by atoms with E-state index in [1.54, 1.807) is 6.08 Å². The van der Waals surface area contributed by atoms with Gasteiger partial charge in [-0.3, -0.25) is 9.59 Å². The first-order valence-corrected chi connectivity index (χ1v) is 33.0. The SMILES string of the molecule is CCCCCCCCCCCCC/C=C/C(O)C(CO)NC(=O)CCCCCCCCCCCCCCCCCCCCCCCCCCCCCCOC(=O)CCCCCCCCCCCCCCCC. The summed E-state index contributed by atoms with van der Waals surface area (Å²) in [5.74, 6) is -0.0418. The summed E-state index contributed by atoms with van der Waals surface area (Å²) in [6.07, 6.45) is 75.6. The number of carbonyl (C=O) groups is 2. The maximum atomic E-state index is 12.5. The fourth-order valence-electron chi connectivity index (χ4n) is 10.5. The minimum absolute atomic E-state index is 0.0214. The van der Waals surface area contributed by atoms with Crippen LogP contribution >= 0.6 is 0 Å². The van der Waals surface area contributed by atoms with E-state index in [0.717, 1.165) is 38.5 Å². The predicted octanol–water partition coefficient (Wildman–Crippen LogP) is 20.8. The van der Waals surface area contributed by atoms with Gasteiger partial charge in [0, 0.05) is 12.8 Å². The van der Waals surface area contributed by atoms with Crippen molar-refractivity contribution in [2.75, 3.05) is 13.2 Å². The summed E-state index contributed by atoms with van der Waals surface area (Å²) in [6, 6.07) is -0.624. The number of amides is 1. The van der Waals surface area contributed by atoms with Gasteiger partial charge in [0.25, 0.3) is 0 Å². The molecule has 0 saturated heterocycles. The average molecular weight is 1020 g/mol. The normalized spacial score (nSPS) is 12.6. The summed E-state index contributed by atoms with van der Waals surface area (Å²) in [5.41, 5.74) is 0. The van der Waals surface area contributed by atoms with Gasteiger partial charge >= 0.3 is 5.97 Å². The molecule has 0 aliphatic rings. The highest BCUT2D eigenvalue weighted by Crippen LogP contribution is 2.19. The maximum Gasteiger partial charge on any atom is 0.305 e. The Morgan fingerprint density at radius 3 is 0.944 bits per heavy atom. The molecule has 6 heteroatoms. The highest BCUT2D eigenvalue weighted by atomic mass is 16.5. The van der Waals surface area contributed by atoms with Crippen LogP contribution in [0.15, 0.2) is 12.2 Å². The van der Waals surface area contributed by atoms with Gasteiger partial charge in [-0.1, -0.05) is 341 Å². The number of aliphatic hydroxyl groups excluding tert-OH is 2. The van der Waals surface area contributed by atoms with Crippen molar-refractivity contribution in [3.05, 3.63) is 12.2 Å². The Kier molecular flexibility index (Phi) is 60.9. The lowest BCUT2D eigenvalue weighted by Gasteiger charge is -2.20. The molecule has 0 aliphatic heterocycles. The van der Waals surface area contributed by atoms with Crippen LogP contribution in [0.3, 0.4) is 0 Å². The van der Waals surface area contributed by atoms with Crippen LogP contribution in [0.2, 0.25) is 0 Å². The van der Waals surface area contributed by atoms with Crippen molar-refractivity contribution in [2.45, 2.75) is 386 Å². The first-order chi connectivity index (χ1) is 35.5. The molecule has 0 fully saturated rings. The second kappa shape index (κ2) is 62.1. The van der Waals surface area contributed by atoms with Crippen LogP contribution in [0.1, 0.15) is 373 Å². The van der Waals surface area contributed by atoms with Crippen LogP contribution in [0.25, 0.3) is 0 Å². The Morgan fingerprint density at radius 1 is 0.375 bits per heavy atom. The Morgan fingerprint density at radius 2 is 0.639 bits per heavy atom. The largest absolute Gasteiger partial charge is 0.466 e. The van der Waals surface area contributed by atoms with Crippen LogP contribution in [-0.4, -0.2) is 47.4 Å². The molecule has 0 rings (SSSR count). The van der Waals surface area contributed by atoms with Crippen molar-refractivity contribution in [3.8, 4) is 0 Å². The van der Waals surface area contributed by atoms with E-state index in [2.05, 4.69) is 19.2 Å². The number of hydrogen-bond donors (Lipinski definition) is 3. The van der Waals surface area contributed by atoms with Gasteiger partial charge in [-0.05, 0) is 32.1 Å². The molecule has 0 aromatic heterocycles. The van der Waals surface area contributed by atoms with Crippen molar-refractivity contribution in [2.24, 2.45) is 0 Å². The zero-order valence-corrected chi connectivity index (χ0v) is 48.9. The van der Waals surface area contributed by atoms with Crippen molar-refractivity contribution in [1.82, 2.24) is 5.32 Å². The third-order valence-corrected chi connectivity index (χ3v) is 15.6. The molecule has 6 nitrogen and oxygen atoms in total. The zero-order chi connectivity index (χ0) is 52.2. The number of hydrogen-bond acceptors (Lipinski definition) is 5. The minimum atomic E-state index is -0.840. The molecule has 0 bridgehead atoms. The van der Waals surface area contributed by atoms with E-state index in [-0.39, 0.29) is 18.5 Å². The third kappa shape index (κ3) is 57.9. The van der Waals surface area contributed by atoms with Crippen LogP contribution in [0.5, 0.6) is 0 Å². The molecule has 2 atom stereocenters. The summed E-state index contributed by atoms with van der Waals surface area (Å²) in [6.45, 7) is 4.93. The summed E-state index contributed by atoms with van der Waals surface area (Å²) in [4.78, 5) is 24.5. The Labute approximate surface area is 450 Å². The first-order valence-electron chi connectivity index (χ1n) is 33.0. The van der Waals surface area contributed by atoms with E-state index in [4.69, 9.17) is 4.74 Å². The van der Waals surface area contributed by atoms with E-state index in [1.165, 1.54) is 308 Å². The zero-order valence-electron chi connectivity index (χ0n) is 48.9. The van der Waals surface area contributed by atoms with Gasteiger partial charge in [0.15, 0.2) is 0 Å². The highest BCUT2D eigenvalue weighted by Gasteiger charge is 2.18. The van der Waals surface area contributed by atoms with Gasteiger partial charge in [-0.15, -0.1) is 0 Å². The van der Waals surface area contributed by atoms with Crippen LogP contribution in [0.4, 0.5) is 0 Å². The van der Waals surface area contributed by atoms with Gasteiger partial charge in [0.05, 0.1) is 25.4 Å². The standard InChI is InChI=1S/C66H129NO5/c1-3-5-7-9-11-13-15-17-36-40-44-48-52-56-60-66(71)72-61-57-53-49-45-41-37-33-31-29-27-25-23-21-19-18-20-22-24-26-28-30-32-35-39-43-47-51-55-59-65(70)67-63(62-68)64(69)58-54-50-46-42-38-34-16-14-12-10-8-6-4-2/h54,58,63-64,68-69H,3-53,55-57,59-62H2,1-2H3,(H,67,70)/b58-54+. The van der Waals surface area contributed by atoms with Crippen LogP contribution in [-0.2, 0) is 14.3 Å². The number of rotatable bonds is 62. The molecule has 0 aromatic carbocycles. The van der Waals surface area contributed by atoms with Crippen LogP contribution in [0, 0.1) is 0 Å². The van der Waals surface area contributed by atoms with E-state index in [0.29, 0.717) is 19.4 Å². The molecule has 72 heavy (non-hydrogen) atoms. The quantitative estimate of drug-likeness (QED) is 0.0320. The Bertz CT molecular complexity index is 1080. The van der Waals surface area contributed by atoms with E-state index in [9.17, 15) is 19.8 Å². The number of allylic oxidation sites excluding steroid dienone is 1. The molecule has 1 amide bonds. The second-order valence-corrected chi connectivity index (χ2v) is 22.8. The first kappa shape index (κ1) is 70.6. The maximum absolute atomic E-state index is 12.5. The number of unbranched alkanes of at least 4 members (excludes halogenated alkanes) is 51. The summed E-state index contributed by atoms with van der Waals surface area (Å²) in [7, 11) is 0. The topological polar surface area (TPSA) is 95.9 Å². The number of esters is 1. The van der Waals surface area contributed by atoms with Gasteiger partial charge in [0.1, 0.15) is 0 Å². The number of nitrogens with one attached hydrogen (secondary N) is 1. The highest BCUT2D eigenvalue weighted by molar-refractivity contribution is 5.76. The molecule has 0 aromatic rings. The summed E-state index contributed by atoms with van der Waals surface area (Å²) >= 11 is 0. The average Bonchev–Trinajstić information content (AvgIpc) is 3.38. The predicted molar refractivity (Wildman–Crippen MR) is 315 cm³/mol. The fraction of sp³-hybridized carbons (Fsp3) is 0.939. The van der Waals surface area contributed by atoms with Crippen molar-refractivity contribution in [1.29, 1.82) is 0 Å². The Balaban J connectivity index is 3.33. The van der Waals surface area contributed by atoms with E-state index in [1.807, 2.05) is 6.08 Å². The summed E-state index contributed by atoms with van der Waals surface area (Å²) in [5, 5.41) is 23.1. The monoisotopic (exact) mass is 1020 g/mol. The third-order valence-electron chi connectivity index (χ3n) is 15.6.